The van der Waals surface area contributed by atoms with E-state index in [1.165, 1.54) is 0 Å². The Balaban J connectivity index is 0.000000220. The van der Waals surface area contributed by atoms with Crippen molar-refractivity contribution in [2.24, 2.45) is 0 Å². The van der Waals surface area contributed by atoms with Crippen LogP contribution in [-0.2, 0) is 11.9 Å². The lowest BCUT2D eigenvalue weighted by molar-refractivity contribution is 0.851. The molecule has 0 aliphatic heterocycles. The van der Waals surface area contributed by atoms with E-state index < -0.39 is 11.9 Å². The van der Waals surface area contributed by atoms with Crippen LogP contribution in [0.25, 0.3) is 22.8 Å². The number of nitrogens with zero attached hydrogens (tertiary/aromatic N) is 6. The summed E-state index contributed by atoms with van der Waals surface area (Å²) in [7, 11) is 0. The van der Waals surface area contributed by atoms with E-state index in [2.05, 4.69) is 125 Å². The van der Waals surface area contributed by atoms with Crippen LogP contribution in [0, 0.1) is 0 Å². The fourth-order valence-electron chi connectivity index (χ4n) is 2.69. The minimum Gasteiger partial charge on any atom is -0.211 e. The van der Waals surface area contributed by atoms with E-state index in [0.29, 0.717) is 23.0 Å². The Morgan fingerprint density at radius 1 is 0.400 bits per heavy atom. The van der Waals surface area contributed by atoms with Crippen LogP contribution in [0.5, 0.6) is 0 Å². The van der Waals surface area contributed by atoms with Gasteiger partial charge in [-0.2, -0.15) is 0 Å². The van der Waals surface area contributed by atoms with Crippen LogP contribution in [0.15, 0.2) is 60.7 Å². The van der Waals surface area contributed by atoms with Gasteiger partial charge in [0.2, 0.25) is 7.59 Å². The topological polar surface area (TPSA) is 77.3 Å². The zero-order valence-corrected chi connectivity index (χ0v) is 33.0. The number of halogens is 12. The molecule has 212 valence electrons. The predicted octanol–water partition coefficient (Wildman–Crippen LogP) is 11.3. The molecular weight excluding hydrogens is 1040 g/mol. The highest BCUT2D eigenvalue weighted by Gasteiger charge is 2.34. The molecule has 0 radical (unpaired) electrons. The molecular formula is C22H10Br6Cl6N6. The summed E-state index contributed by atoms with van der Waals surface area (Å²) in [4.78, 5) is 25.4. The van der Waals surface area contributed by atoms with Gasteiger partial charge in [0.25, 0.3) is 0 Å². The van der Waals surface area contributed by atoms with Crippen molar-refractivity contribution in [3.63, 3.8) is 0 Å². The monoisotopic (exact) mass is 1040 g/mol. The highest BCUT2D eigenvalue weighted by Crippen LogP contribution is 2.46. The SMILES string of the molecule is BrC(Br)(Br)c1nc(-c2ccccc2)nc(C(Br)(Br)Br)n1.ClC(Cl)(Cl)c1nc(-c2ccccc2)nc(C(Cl)(Cl)Cl)n1. The molecule has 6 nitrogen and oxygen atoms in total. The van der Waals surface area contributed by atoms with Crippen LogP contribution < -0.4 is 0 Å². The molecule has 4 aromatic rings. The zero-order valence-electron chi connectivity index (χ0n) is 19.0. The Labute approximate surface area is 309 Å². The van der Waals surface area contributed by atoms with Gasteiger partial charge in [-0.1, -0.05) is 226 Å². The van der Waals surface area contributed by atoms with Crippen LogP contribution >= 0.6 is 165 Å². The lowest BCUT2D eigenvalue weighted by Crippen LogP contribution is -2.16. The third-order valence-electron chi connectivity index (χ3n) is 4.35. The molecule has 2 aromatic carbocycles. The lowest BCUT2D eigenvalue weighted by atomic mass is 10.2. The number of alkyl halides is 12. The molecule has 0 atom stereocenters. The summed E-state index contributed by atoms with van der Waals surface area (Å²) >= 11 is 55.3. The maximum Gasteiger partial charge on any atom is 0.250 e. The minimum atomic E-state index is -1.85. The van der Waals surface area contributed by atoms with Crippen molar-refractivity contribution < 1.29 is 0 Å². The molecule has 40 heavy (non-hydrogen) atoms. The summed E-state index contributed by atoms with van der Waals surface area (Å²) in [5.74, 6) is 1.61. The van der Waals surface area contributed by atoms with E-state index in [9.17, 15) is 0 Å². The largest absolute Gasteiger partial charge is 0.250 e. The number of benzene rings is 2. The van der Waals surface area contributed by atoms with Crippen LogP contribution in [0.3, 0.4) is 0 Å². The van der Waals surface area contributed by atoms with Crippen LogP contribution in [-0.4, -0.2) is 29.9 Å². The third-order valence-corrected chi connectivity index (χ3v) is 7.49. The van der Waals surface area contributed by atoms with Crippen molar-refractivity contribution in [2.75, 3.05) is 0 Å². The molecule has 0 bridgehead atoms. The van der Waals surface area contributed by atoms with Gasteiger partial charge >= 0.3 is 0 Å². The van der Waals surface area contributed by atoms with Crippen molar-refractivity contribution >= 4 is 165 Å². The van der Waals surface area contributed by atoms with Gasteiger partial charge in [0.1, 0.15) is 0 Å². The first kappa shape index (κ1) is 35.6. The average Bonchev–Trinajstić information content (AvgIpc) is 2.87. The molecule has 2 heterocycles. The molecule has 4 rings (SSSR count). The molecule has 0 amide bonds. The van der Waals surface area contributed by atoms with Crippen molar-refractivity contribution in [1.82, 2.24) is 29.9 Å². The summed E-state index contributed by atoms with van der Waals surface area (Å²) in [5.41, 5.74) is 1.59. The van der Waals surface area contributed by atoms with Crippen molar-refractivity contribution in [1.29, 1.82) is 0 Å². The summed E-state index contributed by atoms with van der Waals surface area (Å²) in [6, 6.07) is 18.7. The van der Waals surface area contributed by atoms with Gasteiger partial charge in [0.15, 0.2) is 39.2 Å². The Hall–Kier alpha value is 1.08. The molecule has 0 unspecified atom stereocenters. The van der Waals surface area contributed by atoms with Gasteiger partial charge in [-0.15, -0.1) is 0 Å². The number of hydrogen-bond donors (Lipinski definition) is 0. The van der Waals surface area contributed by atoms with Gasteiger partial charge in [0, 0.05) is 11.1 Å². The van der Waals surface area contributed by atoms with Crippen molar-refractivity contribution in [2.45, 2.75) is 11.9 Å². The Bertz CT molecular complexity index is 1270. The quantitative estimate of drug-likeness (QED) is 0.186. The standard InChI is InChI=1S/C11H5Br6N3.C11H5Cl6N3/c2*12-10(13,14)8-18-7(6-4-2-1-3-5-6)19-9(20-8)11(15,16)17/h2*1-5H. The van der Waals surface area contributed by atoms with Gasteiger partial charge < -0.3 is 0 Å². The van der Waals surface area contributed by atoms with Gasteiger partial charge in [-0.25, -0.2) is 29.9 Å². The van der Waals surface area contributed by atoms with E-state index in [4.69, 9.17) is 69.6 Å². The summed E-state index contributed by atoms with van der Waals surface area (Å²) in [5, 5.41) is 0. The normalized spacial score (nSPS) is 12.5. The van der Waals surface area contributed by atoms with Crippen molar-refractivity contribution in [3.05, 3.63) is 84.0 Å². The summed E-state index contributed by atoms with van der Waals surface area (Å²) < 4.78 is -5.13. The number of aromatic nitrogens is 6. The van der Waals surface area contributed by atoms with E-state index in [1.807, 2.05) is 48.5 Å². The second-order valence-corrected chi connectivity index (χ2v) is 25.4. The number of rotatable bonds is 2. The molecule has 0 aliphatic carbocycles. The van der Waals surface area contributed by atoms with E-state index >= 15 is 0 Å². The van der Waals surface area contributed by atoms with E-state index in [1.54, 1.807) is 12.1 Å². The smallest absolute Gasteiger partial charge is 0.211 e. The number of hydrogen-bond acceptors (Lipinski definition) is 6. The first-order valence-corrected chi connectivity index (χ1v) is 17.3. The molecule has 2 aromatic heterocycles. The molecule has 0 spiro atoms. The predicted molar refractivity (Wildman–Crippen MR) is 186 cm³/mol. The van der Waals surface area contributed by atoms with E-state index in [-0.39, 0.29) is 17.5 Å². The van der Waals surface area contributed by atoms with Crippen LogP contribution in [0.4, 0.5) is 0 Å². The fraction of sp³-hybridized carbons (Fsp3) is 0.182. The molecule has 0 N–H and O–H groups in total. The second kappa shape index (κ2) is 14.5. The summed E-state index contributed by atoms with van der Waals surface area (Å²) in [6.07, 6.45) is 0. The maximum atomic E-state index is 5.79. The third kappa shape index (κ3) is 10.6. The molecule has 0 fully saturated rings. The average molecular weight is 1050 g/mol. The Morgan fingerprint density at radius 3 is 0.950 bits per heavy atom. The van der Waals surface area contributed by atoms with Gasteiger partial charge in [-0.05, 0) is 0 Å². The molecule has 0 saturated carbocycles. The molecule has 0 saturated heterocycles. The van der Waals surface area contributed by atoms with Crippen LogP contribution in [0.2, 0.25) is 0 Å². The summed E-state index contributed by atoms with van der Waals surface area (Å²) in [6.45, 7) is 0. The fourth-order valence-corrected chi connectivity index (χ4v) is 4.26. The van der Waals surface area contributed by atoms with Crippen molar-refractivity contribution in [3.8, 4) is 22.8 Å². The van der Waals surface area contributed by atoms with E-state index in [0.717, 1.165) is 5.56 Å². The second-order valence-electron chi connectivity index (χ2n) is 7.34. The highest BCUT2D eigenvalue weighted by atomic mass is 80.0. The maximum absolute atomic E-state index is 5.79. The zero-order chi connectivity index (χ0) is 29.9. The first-order chi connectivity index (χ1) is 18.4. The van der Waals surface area contributed by atoms with Gasteiger partial charge in [0.05, 0.1) is 0 Å². The highest BCUT2D eigenvalue weighted by molar-refractivity contribution is 9.39. The minimum absolute atomic E-state index is 0.113. The molecule has 0 aliphatic rings. The molecule has 18 heteroatoms. The first-order valence-electron chi connectivity index (χ1n) is 10.3. The van der Waals surface area contributed by atoms with Crippen LogP contribution in [0.1, 0.15) is 23.3 Å². The lowest BCUT2D eigenvalue weighted by Gasteiger charge is -2.16. The van der Waals surface area contributed by atoms with Gasteiger partial charge in [-0.3, -0.25) is 0 Å². The Morgan fingerprint density at radius 2 is 0.675 bits per heavy atom. The Kier molecular flexibility index (Phi) is 12.8.